The van der Waals surface area contributed by atoms with Gasteiger partial charge >= 0.3 is 0 Å². The van der Waals surface area contributed by atoms with Gasteiger partial charge in [-0.3, -0.25) is 0 Å². The average Bonchev–Trinajstić information content (AvgIpc) is 2.14. The van der Waals surface area contributed by atoms with E-state index >= 15 is 0 Å². The molecule has 74 valence electrons. The number of nitriles is 1. The molecule has 14 heavy (non-hydrogen) atoms. The summed E-state index contributed by atoms with van der Waals surface area (Å²) in [6.45, 7) is 0. The van der Waals surface area contributed by atoms with Crippen molar-refractivity contribution in [3.05, 3.63) is 34.6 Å². The zero-order valence-electron chi connectivity index (χ0n) is 6.98. The molecule has 2 atom stereocenters. The van der Waals surface area contributed by atoms with Crippen LogP contribution in [0.3, 0.4) is 0 Å². The van der Waals surface area contributed by atoms with Gasteiger partial charge in [0.15, 0.2) is 6.10 Å². The van der Waals surface area contributed by atoms with Crippen LogP contribution in [0.1, 0.15) is 11.7 Å². The largest absolute Gasteiger partial charge is 0.385 e. The molecule has 0 aliphatic heterocycles. The maximum atomic E-state index is 12.8. The van der Waals surface area contributed by atoms with E-state index in [2.05, 4.69) is 0 Å². The topological polar surface area (TPSA) is 64.2 Å². The summed E-state index contributed by atoms with van der Waals surface area (Å²) in [5, 5.41) is 26.7. The first-order chi connectivity index (χ1) is 6.54. The van der Waals surface area contributed by atoms with E-state index in [0.717, 1.165) is 12.1 Å². The number of rotatable bonds is 2. The Hall–Kier alpha value is -1.15. The Kier molecular flexibility index (Phi) is 3.42. The van der Waals surface area contributed by atoms with Gasteiger partial charge in [0.2, 0.25) is 0 Å². The molecule has 2 unspecified atom stereocenters. The van der Waals surface area contributed by atoms with E-state index in [1.165, 1.54) is 12.1 Å². The molecule has 1 aromatic rings. The van der Waals surface area contributed by atoms with E-state index in [1.54, 1.807) is 0 Å². The number of hydrogen-bond donors (Lipinski definition) is 2. The molecule has 0 aromatic heterocycles. The molecule has 0 bridgehead atoms. The third-order valence-electron chi connectivity index (χ3n) is 1.66. The molecule has 3 nitrogen and oxygen atoms in total. The summed E-state index contributed by atoms with van der Waals surface area (Å²) in [5.41, 5.74) is 0.0732. The highest BCUT2D eigenvalue weighted by atomic mass is 35.5. The third-order valence-corrected chi connectivity index (χ3v) is 1.88. The van der Waals surface area contributed by atoms with Crippen LogP contribution < -0.4 is 0 Å². The first kappa shape index (κ1) is 10.9. The highest BCUT2D eigenvalue weighted by Gasteiger charge is 2.18. The SMILES string of the molecule is N#CC(O)C(O)c1cc(F)cc(Cl)c1. The fourth-order valence-electron chi connectivity index (χ4n) is 0.999. The Morgan fingerprint density at radius 2 is 2.00 bits per heavy atom. The van der Waals surface area contributed by atoms with Crippen molar-refractivity contribution in [2.45, 2.75) is 12.2 Å². The van der Waals surface area contributed by atoms with E-state index in [-0.39, 0.29) is 10.6 Å². The van der Waals surface area contributed by atoms with E-state index in [9.17, 15) is 9.50 Å². The second-order valence-corrected chi connectivity index (χ2v) is 3.16. The van der Waals surface area contributed by atoms with E-state index in [4.69, 9.17) is 22.0 Å². The molecule has 0 heterocycles. The minimum atomic E-state index is -1.59. The van der Waals surface area contributed by atoms with Gasteiger partial charge in [0, 0.05) is 5.02 Å². The van der Waals surface area contributed by atoms with Crippen molar-refractivity contribution in [3.8, 4) is 6.07 Å². The monoisotopic (exact) mass is 215 g/mol. The summed E-state index contributed by atoms with van der Waals surface area (Å²) in [7, 11) is 0. The number of nitrogens with zero attached hydrogens (tertiary/aromatic N) is 1. The van der Waals surface area contributed by atoms with Crippen LogP contribution in [0.2, 0.25) is 5.02 Å². The fourth-order valence-corrected chi connectivity index (χ4v) is 1.23. The molecule has 5 heteroatoms. The van der Waals surface area contributed by atoms with Crippen LogP contribution in [0.4, 0.5) is 4.39 Å². The number of aliphatic hydroxyl groups is 2. The summed E-state index contributed by atoms with van der Waals surface area (Å²) < 4.78 is 12.8. The molecular formula is C9H7ClFNO2. The number of benzene rings is 1. The first-order valence-electron chi connectivity index (χ1n) is 3.76. The summed E-state index contributed by atoms with van der Waals surface area (Å²) >= 11 is 5.53. The minimum absolute atomic E-state index is 0.0732. The lowest BCUT2D eigenvalue weighted by Gasteiger charge is -2.12. The van der Waals surface area contributed by atoms with Gasteiger partial charge in [-0.2, -0.15) is 5.26 Å². The maximum Gasteiger partial charge on any atom is 0.170 e. The molecule has 0 aliphatic carbocycles. The third kappa shape index (κ3) is 2.42. The lowest BCUT2D eigenvalue weighted by atomic mass is 10.1. The van der Waals surface area contributed by atoms with Crippen LogP contribution >= 0.6 is 11.6 Å². The van der Waals surface area contributed by atoms with Gasteiger partial charge in [-0.25, -0.2) is 4.39 Å². The zero-order valence-corrected chi connectivity index (χ0v) is 7.74. The lowest BCUT2D eigenvalue weighted by molar-refractivity contribution is 0.0526. The molecule has 0 fully saturated rings. The van der Waals surface area contributed by atoms with Crippen LogP contribution in [0.25, 0.3) is 0 Å². The normalized spacial score (nSPS) is 14.5. The van der Waals surface area contributed by atoms with E-state index in [0.29, 0.717) is 0 Å². The number of hydrogen-bond acceptors (Lipinski definition) is 3. The average molecular weight is 216 g/mol. The summed E-state index contributed by atoms with van der Waals surface area (Å²) in [6, 6.07) is 4.81. The maximum absolute atomic E-state index is 12.8. The molecule has 0 radical (unpaired) electrons. The van der Waals surface area contributed by atoms with Crippen molar-refractivity contribution < 1.29 is 14.6 Å². The lowest BCUT2D eigenvalue weighted by Crippen LogP contribution is -2.15. The van der Waals surface area contributed by atoms with Crippen LogP contribution in [0.5, 0.6) is 0 Å². The van der Waals surface area contributed by atoms with Crippen LogP contribution in [0, 0.1) is 17.1 Å². The molecule has 0 aliphatic rings. The summed E-state index contributed by atoms with van der Waals surface area (Å²) in [5.74, 6) is -0.628. The number of aliphatic hydroxyl groups excluding tert-OH is 2. The van der Waals surface area contributed by atoms with Crippen molar-refractivity contribution in [3.63, 3.8) is 0 Å². The summed E-state index contributed by atoms with van der Waals surface area (Å²) in [6.07, 6.45) is -3.04. The van der Waals surface area contributed by atoms with Crippen LogP contribution in [0.15, 0.2) is 18.2 Å². The van der Waals surface area contributed by atoms with Crippen LogP contribution in [-0.4, -0.2) is 16.3 Å². The molecule has 0 spiro atoms. The van der Waals surface area contributed by atoms with Gasteiger partial charge in [-0.05, 0) is 23.8 Å². The van der Waals surface area contributed by atoms with Gasteiger partial charge in [-0.15, -0.1) is 0 Å². The summed E-state index contributed by atoms with van der Waals surface area (Å²) in [4.78, 5) is 0. The second-order valence-electron chi connectivity index (χ2n) is 2.72. The second kappa shape index (κ2) is 4.38. The van der Waals surface area contributed by atoms with Crippen LogP contribution in [-0.2, 0) is 0 Å². The van der Waals surface area contributed by atoms with Crippen molar-refractivity contribution in [1.82, 2.24) is 0 Å². The van der Waals surface area contributed by atoms with E-state index in [1.807, 2.05) is 0 Å². The predicted octanol–water partition coefficient (Wildman–Crippen LogP) is 1.40. The van der Waals surface area contributed by atoms with Crippen molar-refractivity contribution in [2.75, 3.05) is 0 Å². The molecule has 0 amide bonds. The molecule has 1 rings (SSSR count). The first-order valence-corrected chi connectivity index (χ1v) is 4.14. The standard InChI is InChI=1S/C9H7ClFNO2/c10-6-1-5(2-7(11)3-6)9(14)8(13)4-12/h1-3,8-9,13-14H. The highest BCUT2D eigenvalue weighted by molar-refractivity contribution is 6.30. The minimum Gasteiger partial charge on any atom is -0.385 e. The van der Waals surface area contributed by atoms with E-state index < -0.39 is 18.0 Å². The van der Waals surface area contributed by atoms with Crippen molar-refractivity contribution >= 4 is 11.6 Å². The van der Waals surface area contributed by atoms with Gasteiger partial charge in [0.25, 0.3) is 0 Å². The van der Waals surface area contributed by atoms with Gasteiger partial charge in [0.05, 0.1) is 6.07 Å². The Balaban J connectivity index is 3.02. The van der Waals surface area contributed by atoms with Crippen molar-refractivity contribution in [2.24, 2.45) is 0 Å². The molecule has 0 saturated heterocycles. The Bertz CT molecular complexity index is 357. The molecule has 0 saturated carbocycles. The van der Waals surface area contributed by atoms with Gasteiger partial charge in [0.1, 0.15) is 11.9 Å². The zero-order chi connectivity index (χ0) is 10.7. The predicted molar refractivity (Wildman–Crippen MR) is 48.0 cm³/mol. The Morgan fingerprint density at radius 3 is 2.50 bits per heavy atom. The smallest absolute Gasteiger partial charge is 0.170 e. The van der Waals surface area contributed by atoms with Gasteiger partial charge in [-0.1, -0.05) is 11.6 Å². The quantitative estimate of drug-likeness (QED) is 0.733. The Morgan fingerprint density at radius 1 is 1.36 bits per heavy atom. The van der Waals surface area contributed by atoms with Crippen molar-refractivity contribution in [1.29, 1.82) is 5.26 Å². The molecule has 1 aromatic carbocycles. The van der Waals surface area contributed by atoms with Gasteiger partial charge < -0.3 is 10.2 Å². The molecular weight excluding hydrogens is 209 g/mol. The Labute approximate surface area is 85.0 Å². The molecule has 2 N–H and O–H groups in total. The fraction of sp³-hybridized carbons (Fsp3) is 0.222. The number of halogens is 2. The highest BCUT2D eigenvalue weighted by Crippen LogP contribution is 2.21.